The fourth-order valence-electron chi connectivity index (χ4n) is 3.74. The second kappa shape index (κ2) is 8.83. The molecule has 31 heavy (non-hydrogen) atoms. The molecule has 1 aliphatic heterocycles. The minimum absolute atomic E-state index is 0.0609. The Labute approximate surface area is 179 Å². The lowest BCUT2D eigenvalue weighted by Gasteiger charge is -2.25. The Balaban J connectivity index is 1.70. The van der Waals surface area contributed by atoms with Gasteiger partial charge >= 0.3 is 0 Å². The summed E-state index contributed by atoms with van der Waals surface area (Å²) in [5.41, 5.74) is 1.16. The van der Waals surface area contributed by atoms with E-state index in [9.17, 15) is 14.7 Å². The summed E-state index contributed by atoms with van der Waals surface area (Å²) in [4.78, 5) is 35.5. The van der Waals surface area contributed by atoms with Gasteiger partial charge in [-0.2, -0.15) is 0 Å². The highest BCUT2D eigenvalue weighted by molar-refractivity contribution is 6.46. The first-order chi connectivity index (χ1) is 15.1. The molecule has 8 nitrogen and oxygen atoms in total. The number of rotatable bonds is 7. The molecule has 0 saturated carbocycles. The predicted molar refractivity (Wildman–Crippen MR) is 113 cm³/mol. The Kier molecular flexibility index (Phi) is 5.79. The number of aryl methyl sites for hydroxylation is 1. The molecule has 1 aliphatic rings. The normalized spacial score (nSPS) is 17.8. The number of Topliss-reactive ketones (excluding diaryl/α,β-unsaturated/α-hetero) is 1. The third-order valence-corrected chi connectivity index (χ3v) is 5.28. The molecule has 1 aromatic carbocycles. The highest BCUT2D eigenvalue weighted by Gasteiger charge is 2.45. The van der Waals surface area contributed by atoms with Crippen LogP contribution in [0.25, 0.3) is 5.76 Å². The number of ketones is 1. The summed E-state index contributed by atoms with van der Waals surface area (Å²) in [5, 5.41) is 11.0. The fourth-order valence-corrected chi connectivity index (χ4v) is 3.74. The first-order valence-corrected chi connectivity index (χ1v) is 9.88. The van der Waals surface area contributed by atoms with Crippen molar-refractivity contribution in [1.82, 2.24) is 19.4 Å². The summed E-state index contributed by atoms with van der Waals surface area (Å²) >= 11 is 0. The minimum Gasteiger partial charge on any atom is -0.507 e. The maximum atomic E-state index is 13.0. The quantitative estimate of drug-likeness (QED) is 0.360. The number of amides is 1. The number of benzene rings is 1. The van der Waals surface area contributed by atoms with Crippen molar-refractivity contribution in [2.45, 2.75) is 19.0 Å². The second-order valence-electron chi connectivity index (χ2n) is 7.16. The van der Waals surface area contributed by atoms with Crippen LogP contribution in [0.3, 0.4) is 0 Å². The molecule has 0 bridgehead atoms. The monoisotopic (exact) mass is 418 g/mol. The van der Waals surface area contributed by atoms with Crippen molar-refractivity contribution < 1.29 is 19.4 Å². The average molecular weight is 418 g/mol. The predicted octanol–water partition coefficient (Wildman–Crippen LogP) is 2.80. The van der Waals surface area contributed by atoms with Crippen LogP contribution in [0.4, 0.5) is 0 Å². The second-order valence-corrected chi connectivity index (χ2v) is 7.16. The van der Waals surface area contributed by atoms with Gasteiger partial charge in [0.2, 0.25) is 0 Å². The van der Waals surface area contributed by atoms with Crippen molar-refractivity contribution in [3.63, 3.8) is 0 Å². The maximum Gasteiger partial charge on any atom is 0.295 e. The highest BCUT2D eigenvalue weighted by atomic mass is 16.5. The Hall–Kier alpha value is -3.94. The zero-order valence-electron chi connectivity index (χ0n) is 17.0. The molecule has 1 atom stereocenters. The number of methoxy groups -OCH3 is 1. The van der Waals surface area contributed by atoms with Gasteiger partial charge in [0.1, 0.15) is 11.5 Å². The zero-order valence-corrected chi connectivity index (χ0v) is 17.0. The number of likely N-dealkylation sites (tertiary alicyclic amines) is 1. The van der Waals surface area contributed by atoms with Crippen LogP contribution in [0.5, 0.6) is 5.75 Å². The van der Waals surface area contributed by atoms with E-state index in [1.165, 1.54) is 4.90 Å². The lowest BCUT2D eigenvalue weighted by molar-refractivity contribution is -0.139. The molecule has 1 N–H and O–H groups in total. The van der Waals surface area contributed by atoms with Crippen LogP contribution in [0.2, 0.25) is 0 Å². The number of carbonyl (C=O) groups excluding carboxylic acids is 2. The lowest BCUT2D eigenvalue weighted by atomic mass is 9.96. The van der Waals surface area contributed by atoms with Gasteiger partial charge in [0.05, 0.1) is 25.1 Å². The molecule has 0 spiro atoms. The molecule has 3 aromatic rings. The molecule has 0 radical (unpaired) electrons. The van der Waals surface area contributed by atoms with Crippen LogP contribution in [-0.4, -0.2) is 49.9 Å². The number of nitrogens with zero attached hydrogens (tertiary/aromatic N) is 4. The van der Waals surface area contributed by atoms with Crippen LogP contribution in [0, 0.1) is 0 Å². The molecule has 2 aromatic heterocycles. The summed E-state index contributed by atoms with van der Waals surface area (Å²) in [6.07, 6.45) is 9.10. The van der Waals surface area contributed by atoms with Crippen LogP contribution < -0.4 is 4.74 Å². The topological polar surface area (TPSA) is 97.6 Å². The molecule has 1 amide bonds. The summed E-state index contributed by atoms with van der Waals surface area (Å²) in [6.45, 7) is 1.00. The van der Waals surface area contributed by atoms with Gasteiger partial charge in [-0.3, -0.25) is 14.6 Å². The van der Waals surface area contributed by atoms with E-state index in [4.69, 9.17) is 4.74 Å². The number of hydrogen-bond donors (Lipinski definition) is 1. The number of aromatic nitrogens is 3. The number of aliphatic hydroxyl groups is 1. The number of carbonyl (C=O) groups is 2. The van der Waals surface area contributed by atoms with Crippen molar-refractivity contribution in [3.8, 4) is 5.75 Å². The van der Waals surface area contributed by atoms with Gasteiger partial charge in [-0.25, -0.2) is 4.98 Å². The standard InChI is InChI=1S/C23H22N4O4/c1-31-18-7-5-16(6-8-18)21(28)19-20(17-4-2-9-24-14-17)27(23(30)22(19)29)12-3-11-26-13-10-25-15-26/h2,4-10,13-15,20,28H,3,11-12H2,1H3/t20-/m1/s1. The summed E-state index contributed by atoms with van der Waals surface area (Å²) < 4.78 is 7.06. The van der Waals surface area contributed by atoms with E-state index < -0.39 is 17.7 Å². The van der Waals surface area contributed by atoms with Crippen molar-refractivity contribution in [1.29, 1.82) is 0 Å². The van der Waals surface area contributed by atoms with Gasteiger partial charge in [-0.15, -0.1) is 0 Å². The number of pyridine rings is 1. The third-order valence-electron chi connectivity index (χ3n) is 5.28. The van der Waals surface area contributed by atoms with Gasteiger partial charge in [0.25, 0.3) is 11.7 Å². The van der Waals surface area contributed by atoms with Crippen LogP contribution in [-0.2, 0) is 16.1 Å². The smallest absolute Gasteiger partial charge is 0.295 e. The highest BCUT2D eigenvalue weighted by Crippen LogP contribution is 2.39. The average Bonchev–Trinajstić information content (AvgIpc) is 3.41. The maximum absolute atomic E-state index is 13.0. The summed E-state index contributed by atoms with van der Waals surface area (Å²) in [5.74, 6) is -0.924. The minimum atomic E-state index is -0.710. The van der Waals surface area contributed by atoms with Gasteiger partial charge in [0, 0.05) is 43.4 Å². The van der Waals surface area contributed by atoms with E-state index in [0.717, 1.165) is 0 Å². The van der Waals surface area contributed by atoms with E-state index in [1.807, 2.05) is 10.8 Å². The van der Waals surface area contributed by atoms with Crippen molar-refractivity contribution in [2.24, 2.45) is 0 Å². The van der Waals surface area contributed by atoms with Gasteiger partial charge in [-0.05, 0) is 42.3 Å². The van der Waals surface area contributed by atoms with E-state index in [2.05, 4.69) is 9.97 Å². The van der Waals surface area contributed by atoms with E-state index >= 15 is 0 Å². The Morgan fingerprint density at radius 1 is 1.10 bits per heavy atom. The molecule has 1 saturated heterocycles. The van der Waals surface area contributed by atoms with Crippen LogP contribution >= 0.6 is 0 Å². The molecule has 0 aliphatic carbocycles. The molecule has 4 rings (SSSR count). The van der Waals surface area contributed by atoms with Gasteiger partial charge in [0.15, 0.2) is 0 Å². The first kappa shape index (κ1) is 20.3. The number of imidazole rings is 1. The third kappa shape index (κ3) is 4.05. The Bertz CT molecular complexity index is 1090. The van der Waals surface area contributed by atoms with E-state index in [0.29, 0.717) is 36.4 Å². The van der Waals surface area contributed by atoms with Crippen molar-refractivity contribution in [3.05, 3.63) is 84.2 Å². The van der Waals surface area contributed by atoms with Crippen molar-refractivity contribution >= 4 is 17.4 Å². The Morgan fingerprint density at radius 2 is 1.90 bits per heavy atom. The van der Waals surface area contributed by atoms with E-state index in [-0.39, 0.29) is 11.3 Å². The van der Waals surface area contributed by atoms with E-state index in [1.54, 1.807) is 68.4 Å². The molecule has 1 fully saturated rings. The molecule has 158 valence electrons. The summed E-state index contributed by atoms with van der Waals surface area (Å²) in [7, 11) is 1.55. The molecular formula is C23H22N4O4. The largest absolute Gasteiger partial charge is 0.507 e. The van der Waals surface area contributed by atoms with Crippen LogP contribution in [0.1, 0.15) is 23.6 Å². The Morgan fingerprint density at radius 3 is 2.55 bits per heavy atom. The first-order valence-electron chi connectivity index (χ1n) is 9.88. The molecule has 3 heterocycles. The fraction of sp³-hybridized carbons (Fsp3) is 0.217. The summed E-state index contributed by atoms with van der Waals surface area (Å²) in [6, 6.07) is 9.52. The number of hydrogen-bond acceptors (Lipinski definition) is 6. The molecular weight excluding hydrogens is 396 g/mol. The SMILES string of the molecule is COc1ccc(C(O)=C2C(=O)C(=O)N(CCCn3ccnc3)[C@@H]2c2cccnc2)cc1. The molecule has 8 heteroatoms. The molecule has 0 unspecified atom stereocenters. The van der Waals surface area contributed by atoms with Gasteiger partial charge in [-0.1, -0.05) is 6.07 Å². The van der Waals surface area contributed by atoms with Crippen LogP contribution in [0.15, 0.2) is 73.1 Å². The lowest BCUT2D eigenvalue weighted by Crippen LogP contribution is -2.31. The van der Waals surface area contributed by atoms with Gasteiger partial charge < -0.3 is 19.3 Å². The zero-order chi connectivity index (χ0) is 21.8. The van der Waals surface area contributed by atoms with Crippen molar-refractivity contribution in [2.75, 3.05) is 13.7 Å². The number of ether oxygens (including phenoxy) is 1. The number of aliphatic hydroxyl groups excluding tert-OH is 1.